The molecule has 0 aromatic heterocycles. The van der Waals surface area contributed by atoms with E-state index < -0.39 is 26.7 Å². The molecule has 3 aliphatic carbocycles. The highest BCUT2D eigenvalue weighted by molar-refractivity contribution is 6.80. The second-order valence-electron chi connectivity index (χ2n) is 14.2. The third-order valence-corrected chi connectivity index (χ3v) is 12.6. The number of fused-ring (bicyclic) bond motifs is 3. The van der Waals surface area contributed by atoms with E-state index in [0.717, 1.165) is 44.1 Å². The molecule has 5 unspecified atom stereocenters. The van der Waals surface area contributed by atoms with Crippen molar-refractivity contribution in [3.05, 3.63) is 95.6 Å². The summed E-state index contributed by atoms with van der Waals surface area (Å²) in [7, 11) is -1.71. The molecule has 229 valence electrons. The van der Waals surface area contributed by atoms with Gasteiger partial charge in [-0.15, -0.1) is 0 Å². The number of aliphatic hydroxyl groups excluding tert-OH is 1. The molecule has 0 aliphatic heterocycles. The highest BCUT2D eigenvalue weighted by atomic mass is 28.3. The van der Waals surface area contributed by atoms with Crippen molar-refractivity contribution in [1.29, 1.82) is 0 Å². The second-order valence-corrected chi connectivity index (χ2v) is 16.3. The van der Waals surface area contributed by atoms with E-state index in [2.05, 4.69) is 105 Å². The lowest BCUT2D eigenvalue weighted by Gasteiger charge is -2.44. The summed E-state index contributed by atoms with van der Waals surface area (Å²) in [4.78, 5) is 11.6. The summed E-state index contributed by atoms with van der Waals surface area (Å²) >= 11 is 0. The number of hydrogen-bond donors (Lipinski definition) is 2. The van der Waals surface area contributed by atoms with Crippen molar-refractivity contribution >= 4 is 25.4 Å². The largest absolute Gasteiger partial charge is 0.481 e. The smallest absolute Gasteiger partial charge is 0.307 e. The molecular weight excluding hydrogens is 561 g/mol. The predicted molar refractivity (Wildman–Crippen MR) is 177 cm³/mol. The van der Waals surface area contributed by atoms with Crippen LogP contribution in [0.2, 0.25) is 0 Å². The maximum Gasteiger partial charge on any atom is 0.307 e. The van der Waals surface area contributed by atoms with Gasteiger partial charge in [0.05, 0.1) is 6.42 Å². The average molecular weight is 606 g/mol. The van der Waals surface area contributed by atoms with Gasteiger partial charge < -0.3 is 14.6 Å². The van der Waals surface area contributed by atoms with E-state index in [0.29, 0.717) is 0 Å². The van der Waals surface area contributed by atoms with Crippen LogP contribution in [-0.4, -0.2) is 36.9 Å². The van der Waals surface area contributed by atoms with Gasteiger partial charge in [-0.3, -0.25) is 4.79 Å². The molecule has 0 heterocycles. The SMILES string of the molecule is CC(C)(C)C1CC2c3cc(CC(=O)O)ccc3CC2C1(C#CC(O)C1CCCCC1)O[Si](c1ccccc1)c1ccccc1. The van der Waals surface area contributed by atoms with Gasteiger partial charge >= 0.3 is 5.97 Å². The van der Waals surface area contributed by atoms with E-state index in [1.165, 1.54) is 27.9 Å². The Hall–Kier alpha value is -3.17. The summed E-state index contributed by atoms with van der Waals surface area (Å²) in [5.74, 6) is 7.09. The van der Waals surface area contributed by atoms with Gasteiger partial charge in [-0.25, -0.2) is 0 Å². The maximum atomic E-state index is 11.6. The first kappa shape index (κ1) is 30.8. The van der Waals surface area contributed by atoms with Gasteiger partial charge in [0, 0.05) is 11.8 Å². The molecule has 0 bridgehead atoms. The van der Waals surface area contributed by atoms with E-state index in [1.807, 2.05) is 6.07 Å². The summed E-state index contributed by atoms with van der Waals surface area (Å²) in [6, 6.07) is 27.4. The zero-order valence-electron chi connectivity index (χ0n) is 26.3. The molecule has 1 radical (unpaired) electrons. The molecule has 3 aromatic carbocycles. The molecule has 3 aromatic rings. The molecule has 5 atom stereocenters. The van der Waals surface area contributed by atoms with E-state index in [4.69, 9.17) is 4.43 Å². The Kier molecular flexibility index (Phi) is 8.88. The highest BCUT2D eigenvalue weighted by Crippen LogP contribution is 2.61. The first-order valence-corrected chi connectivity index (χ1v) is 17.8. The first-order valence-electron chi connectivity index (χ1n) is 16.4. The van der Waals surface area contributed by atoms with Gasteiger partial charge in [-0.1, -0.05) is 131 Å². The molecule has 3 aliphatic rings. The van der Waals surface area contributed by atoms with Crippen LogP contribution in [0.5, 0.6) is 0 Å². The van der Waals surface area contributed by atoms with Gasteiger partial charge in [0.2, 0.25) is 0 Å². The minimum absolute atomic E-state index is 0.0254. The predicted octanol–water partition coefficient (Wildman–Crippen LogP) is 6.14. The molecule has 2 saturated carbocycles. The summed E-state index contributed by atoms with van der Waals surface area (Å²) in [6.45, 7) is 6.90. The van der Waals surface area contributed by atoms with Crippen molar-refractivity contribution in [3.63, 3.8) is 0 Å². The van der Waals surface area contributed by atoms with Crippen LogP contribution in [0.4, 0.5) is 0 Å². The Bertz CT molecular complexity index is 1470. The topological polar surface area (TPSA) is 66.8 Å². The maximum absolute atomic E-state index is 11.6. The Morgan fingerprint density at radius 1 is 0.977 bits per heavy atom. The molecular formula is C39H45O4Si. The van der Waals surface area contributed by atoms with Crippen LogP contribution in [0.25, 0.3) is 0 Å². The molecule has 6 rings (SSSR count). The highest BCUT2D eigenvalue weighted by Gasteiger charge is 2.62. The van der Waals surface area contributed by atoms with Crippen molar-refractivity contribution in [3.8, 4) is 11.8 Å². The summed E-state index contributed by atoms with van der Waals surface area (Å²) in [6.07, 6.45) is 6.73. The van der Waals surface area contributed by atoms with Crippen molar-refractivity contribution < 1.29 is 19.4 Å². The number of carboxylic acid groups (broad SMARTS) is 1. The van der Waals surface area contributed by atoms with Crippen LogP contribution < -0.4 is 10.4 Å². The minimum atomic E-state index is -1.71. The molecule has 0 saturated heterocycles. The van der Waals surface area contributed by atoms with Crippen LogP contribution in [-0.2, 0) is 22.1 Å². The molecule has 0 amide bonds. The summed E-state index contributed by atoms with van der Waals surface area (Å²) in [5, 5.41) is 23.4. The first-order chi connectivity index (χ1) is 21.2. The molecule has 2 fully saturated rings. The van der Waals surface area contributed by atoms with Crippen LogP contribution in [0, 0.1) is 35.0 Å². The van der Waals surface area contributed by atoms with Gasteiger partial charge in [0.15, 0.2) is 0 Å². The summed E-state index contributed by atoms with van der Waals surface area (Å²) < 4.78 is 7.71. The molecule has 44 heavy (non-hydrogen) atoms. The Balaban J connectivity index is 1.49. The Morgan fingerprint density at radius 3 is 2.20 bits per heavy atom. The van der Waals surface area contributed by atoms with Crippen molar-refractivity contribution in [2.45, 2.75) is 89.8 Å². The number of hydrogen-bond acceptors (Lipinski definition) is 3. The van der Waals surface area contributed by atoms with E-state index >= 15 is 0 Å². The lowest BCUT2D eigenvalue weighted by molar-refractivity contribution is -0.136. The fraction of sp³-hybridized carbons (Fsp3) is 0.462. The molecule has 0 spiro atoms. The monoisotopic (exact) mass is 605 g/mol. The van der Waals surface area contributed by atoms with E-state index in [9.17, 15) is 15.0 Å². The summed E-state index contributed by atoms with van der Waals surface area (Å²) in [5.41, 5.74) is 2.51. The number of aliphatic carboxylic acids is 1. The Morgan fingerprint density at radius 2 is 1.61 bits per heavy atom. The lowest BCUT2D eigenvalue weighted by Crippen LogP contribution is -2.57. The standard InChI is InChI=1S/C39H45O4Si/c1-38(2,3)36-26-33-32-23-27(24-37(41)42)19-20-29(32)25-34(33)39(36,22-21-35(40)28-13-7-4-8-14-28)43-44(30-15-9-5-10-16-30)31-17-11-6-12-18-31/h5-6,9-12,15-20,23,28,33-36,40H,4,7-8,13-14,24-26H2,1-3H3,(H,41,42). The third-order valence-electron chi connectivity index (χ3n) is 10.3. The van der Waals surface area contributed by atoms with Crippen LogP contribution in [0.1, 0.15) is 81.9 Å². The fourth-order valence-corrected chi connectivity index (χ4v) is 10.5. The number of carboxylic acids is 1. The van der Waals surface area contributed by atoms with Crippen molar-refractivity contribution in [2.24, 2.45) is 23.2 Å². The third kappa shape index (κ3) is 6.18. The van der Waals surface area contributed by atoms with E-state index in [-0.39, 0.29) is 35.5 Å². The fourth-order valence-electron chi connectivity index (χ4n) is 8.22. The zero-order valence-corrected chi connectivity index (χ0v) is 27.3. The van der Waals surface area contributed by atoms with Crippen LogP contribution >= 0.6 is 0 Å². The number of rotatable bonds is 7. The van der Waals surface area contributed by atoms with Crippen molar-refractivity contribution in [1.82, 2.24) is 0 Å². The van der Waals surface area contributed by atoms with E-state index in [1.54, 1.807) is 0 Å². The number of benzene rings is 3. The normalized spacial score (nSPS) is 25.6. The Labute approximate surface area is 264 Å². The lowest BCUT2D eigenvalue weighted by atomic mass is 9.70. The minimum Gasteiger partial charge on any atom is -0.481 e. The average Bonchev–Trinajstić information content (AvgIpc) is 3.54. The zero-order chi connectivity index (χ0) is 30.9. The van der Waals surface area contributed by atoms with Crippen LogP contribution in [0.3, 0.4) is 0 Å². The molecule has 5 heteroatoms. The number of carbonyl (C=O) groups is 1. The second kappa shape index (κ2) is 12.7. The number of aliphatic hydroxyl groups is 1. The van der Waals surface area contributed by atoms with Gasteiger partial charge in [0.1, 0.15) is 11.7 Å². The molecule has 2 N–H and O–H groups in total. The molecule has 4 nitrogen and oxygen atoms in total. The van der Waals surface area contributed by atoms with Gasteiger partial charge in [-0.05, 0) is 70.0 Å². The van der Waals surface area contributed by atoms with Crippen LogP contribution in [0.15, 0.2) is 78.9 Å². The quantitative estimate of drug-likeness (QED) is 0.251. The van der Waals surface area contributed by atoms with Gasteiger partial charge in [0.25, 0.3) is 9.04 Å². The van der Waals surface area contributed by atoms with Gasteiger partial charge in [-0.2, -0.15) is 0 Å². The van der Waals surface area contributed by atoms with Crippen molar-refractivity contribution in [2.75, 3.05) is 0 Å².